The van der Waals surface area contributed by atoms with E-state index in [4.69, 9.17) is 5.11 Å². The molecule has 0 unspecified atom stereocenters. The quantitative estimate of drug-likeness (QED) is 0.808. The van der Waals surface area contributed by atoms with Crippen LogP contribution in [0.15, 0.2) is 24.7 Å². The fraction of sp³-hybridized carbons (Fsp3) is 0.182. The van der Waals surface area contributed by atoms with Crippen LogP contribution in [0.1, 0.15) is 27.9 Å². The molecule has 0 spiro atoms. The van der Waals surface area contributed by atoms with E-state index in [1.807, 2.05) is 0 Å². The lowest BCUT2D eigenvalue weighted by Crippen LogP contribution is -2.24. The average Bonchev–Trinajstić information content (AvgIpc) is 2.89. The van der Waals surface area contributed by atoms with Crippen LogP contribution in [0, 0.1) is 0 Å². The zero-order valence-electron chi connectivity index (χ0n) is 10.1. The minimum atomic E-state index is -1.12. The summed E-state index contributed by atoms with van der Waals surface area (Å²) in [5.74, 6) is -1.04. The van der Waals surface area contributed by atoms with Crippen LogP contribution in [-0.2, 0) is 0 Å². The molecule has 1 amide bonds. The van der Waals surface area contributed by atoms with Crippen molar-refractivity contribution in [3.8, 4) is 5.82 Å². The first-order valence-electron chi connectivity index (χ1n) is 5.51. The summed E-state index contributed by atoms with van der Waals surface area (Å²) in [4.78, 5) is 25.9. The van der Waals surface area contributed by atoms with Crippen molar-refractivity contribution >= 4 is 11.9 Å². The van der Waals surface area contributed by atoms with Crippen molar-refractivity contribution in [3.05, 3.63) is 36.0 Å². The summed E-state index contributed by atoms with van der Waals surface area (Å²) in [7, 11) is 0. The number of hydrogen-bond donors (Lipinski definition) is 2. The van der Waals surface area contributed by atoms with E-state index < -0.39 is 5.97 Å². The molecule has 8 heteroatoms. The molecule has 0 atom stereocenters. The van der Waals surface area contributed by atoms with Crippen molar-refractivity contribution in [3.63, 3.8) is 0 Å². The summed E-state index contributed by atoms with van der Waals surface area (Å²) in [5, 5.41) is 19.0. The second kappa shape index (κ2) is 5.25. The van der Waals surface area contributed by atoms with Gasteiger partial charge in [-0.3, -0.25) is 9.36 Å². The fourth-order valence-electron chi connectivity index (χ4n) is 1.39. The van der Waals surface area contributed by atoms with Crippen molar-refractivity contribution in [2.24, 2.45) is 0 Å². The first-order chi connectivity index (χ1) is 9.11. The van der Waals surface area contributed by atoms with Crippen molar-refractivity contribution in [2.75, 3.05) is 6.54 Å². The number of imidazole rings is 1. The van der Waals surface area contributed by atoms with E-state index in [0.29, 0.717) is 12.4 Å². The van der Waals surface area contributed by atoms with Gasteiger partial charge < -0.3 is 10.4 Å². The number of carbonyl (C=O) groups is 2. The molecular formula is C11H11N5O3. The molecule has 2 aromatic rings. The van der Waals surface area contributed by atoms with Crippen LogP contribution in [0.2, 0.25) is 0 Å². The zero-order valence-corrected chi connectivity index (χ0v) is 10.1. The van der Waals surface area contributed by atoms with Crippen molar-refractivity contribution in [2.45, 2.75) is 6.92 Å². The molecule has 0 saturated carbocycles. The Morgan fingerprint density at radius 3 is 2.63 bits per heavy atom. The molecule has 0 aromatic carbocycles. The lowest BCUT2D eigenvalue weighted by molar-refractivity contribution is 0.0690. The third-order valence-electron chi connectivity index (χ3n) is 2.29. The number of amides is 1. The Bertz CT molecular complexity index is 605. The molecule has 0 fully saturated rings. The number of rotatable bonds is 4. The van der Waals surface area contributed by atoms with Crippen LogP contribution >= 0.6 is 0 Å². The minimum Gasteiger partial charge on any atom is -0.476 e. The van der Waals surface area contributed by atoms with Crippen molar-refractivity contribution in [1.82, 2.24) is 25.1 Å². The first-order valence-corrected chi connectivity index (χ1v) is 5.51. The van der Waals surface area contributed by atoms with Crippen molar-refractivity contribution in [1.29, 1.82) is 0 Å². The lowest BCUT2D eigenvalue weighted by Gasteiger charge is -2.02. The van der Waals surface area contributed by atoms with Gasteiger partial charge in [-0.2, -0.15) is 0 Å². The summed E-state index contributed by atoms with van der Waals surface area (Å²) in [6.07, 6.45) is 2.64. The van der Waals surface area contributed by atoms with Crippen LogP contribution in [-0.4, -0.2) is 43.3 Å². The van der Waals surface area contributed by atoms with Gasteiger partial charge in [-0.05, 0) is 19.1 Å². The third kappa shape index (κ3) is 2.73. The summed E-state index contributed by atoms with van der Waals surface area (Å²) >= 11 is 0. The third-order valence-corrected chi connectivity index (χ3v) is 2.29. The second-order valence-electron chi connectivity index (χ2n) is 3.61. The summed E-state index contributed by atoms with van der Waals surface area (Å²) in [6.45, 7) is 2.31. The smallest absolute Gasteiger partial charge is 0.356 e. The molecule has 0 aliphatic heterocycles. The minimum absolute atomic E-state index is 0.0883. The van der Waals surface area contributed by atoms with Gasteiger partial charge in [0.2, 0.25) is 0 Å². The molecule has 0 aliphatic carbocycles. The van der Waals surface area contributed by atoms with Crippen LogP contribution in [0.25, 0.3) is 5.82 Å². The molecule has 2 heterocycles. The number of hydrogen-bond acceptors (Lipinski definition) is 5. The van der Waals surface area contributed by atoms with Gasteiger partial charge in [0.1, 0.15) is 6.33 Å². The second-order valence-corrected chi connectivity index (χ2v) is 3.61. The van der Waals surface area contributed by atoms with Gasteiger partial charge in [-0.15, -0.1) is 10.2 Å². The maximum absolute atomic E-state index is 11.5. The van der Waals surface area contributed by atoms with Gasteiger partial charge in [0.05, 0.1) is 0 Å². The Balaban J connectivity index is 2.22. The zero-order chi connectivity index (χ0) is 13.8. The van der Waals surface area contributed by atoms with Gasteiger partial charge in [0.15, 0.2) is 17.2 Å². The van der Waals surface area contributed by atoms with E-state index in [-0.39, 0.29) is 17.3 Å². The lowest BCUT2D eigenvalue weighted by atomic mass is 10.3. The number of carboxylic acids is 1. The molecule has 2 N–H and O–H groups in total. The topological polar surface area (TPSA) is 110 Å². The number of carbonyl (C=O) groups excluding carboxylic acids is 1. The molecule has 0 aliphatic rings. The van der Waals surface area contributed by atoms with Gasteiger partial charge in [0, 0.05) is 12.7 Å². The maximum atomic E-state index is 11.5. The normalized spacial score (nSPS) is 10.2. The van der Waals surface area contributed by atoms with Crippen molar-refractivity contribution < 1.29 is 14.7 Å². The van der Waals surface area contributed by atoms with Crippen LogP contribution in [0.4, 0.5) is 0 Å². The molecule has 8 nitrogen and oxygen atoms in total. The molecule has 19 heavy (non-hydrogen) atoms. The standard InChI is InChI=1S/C11H11N5O3/c1-2-12-10(17)7-3-4-9(15-14-7)16-5-8(11(18)19)13-6-16/h3-6H,2H2,1H3,(H,12,17)(H,18,19). The van der Waals surface area contributed by atoms with Gasteiger partial charge in [0.25, 0.3) is 5.91 Å². The van der Waals surface area contributed by atoms with Crippen LogP contribution < -0.4 is 5.32 Å². The molecule has 2 rings (SSSR count). The number of aromatic carboxylic acids is 1. The highest BCUT2D eigenvalue weighted by Gasteiger charge is 2.10. The highest BCUT2D eigenvalue weighted by Crippen LogP contribution is 2.05. The van der Waals surface area contributed by atoms with E-state index in [2.05, 4.69) is 20.5 Å². The molecule has 98 valence electrons. The Hall–Kier alpha value is -2.77. The first kappa shape index (κ1) is 12.7. The van der Waals surface area contributed by atoms with E-state index in [1.165, 1.54) is 23.2 Å². The van der Waals surface area contributed by atoms with Gasteiger partial charge in [-0.1, -0.05) is 0 Å². The predicted molar refractivity (Wildman–Crippen MR) is 64.1 cm³/mol. The summed E-state index contributed by atoms with van der Waals surface area (Å²) in [5.41, 5.74) is 0.110. The highest BCUT2D eigenvalue weighted by atomic mass is 16.4. The maximum Gasteiger partial charge on any atom is 0.356 e. The Morgan fingerprint density at radius 2 is 2.11 bits per heavy atom. The number of nitrogens with one attached hydrogen (secondary N) is 1. The number of nitrogens with zero attached hydrogens (tertiary/aromatic N) is 4. The summed E-state index contributed by atoms with van der Waals surface area (Å²) < 4.78 is 1.41. The van der Waals surface area contributed by atoms with Gasteiger partial charge >= 0.3 is 5.97 Å². The Kier molecular flexibility index (Phi) is 3.51. The van der Waals surface area contributed by atoms with E-state index in [1.54, 1.807) is 13.0 Å². The molecular weight excluding hydrogens is 250 g/mol. The fourth-order valence-corrected chi connectivity index (χ4v) is 1.39. The number of carboxylic acid groups (broad SMARTS) is 1. The SMILES string of the molecule is CCNC(=O)c1ccc(-n2cnc(C(=O)O)c2)nn1. The molecule has 2 aromatic heterocycles. The van der Waals surface area contributed by atoms with Gasteiger partial charge in [-0.25, -0.2) is 9.78 Å². The monoisotopic (exact) mass is 261 g/mol. The largest absolute Gasteiger partial charge is 0.476 e. The average molecular weight is 261 g/mol. The van der Waals surface area contributed by atoms with E-state index in [9.17, 15) is 9.59 Å². The molecule has 0 bridgehead atoms. The highest BCUT2D eigenvalue weighted by molar-refractivity contribution is 5.92. The Labute approximate surface area is 108 Å². The van der Waals surface area contributed by atoms with E-state index >= 15 is 0 Å². The number of aromatic nitrogens is 4. The predicted octanol–water partition coefficient (Wildman–Crippen LogP) is 0.110. The Morgan fingerprint density at radius 1 is 1.32 bits per heavy atom. The van der Waals surface area contributed by atoms with E-state index in [0.717, 1.165) is 0 Å². The molecule has 0 saturated heterocycles. The van der Waals surface area contributed by atoms with Crippen LogP contribution in [0.3, 0.4) is 0 Å². The van der Waals surface area contributed by atoms with Crippen LogP contribution in [0.5, 0.6) is 0 Å². The molecule has 0 radical (unpaired) electrons. The summed E-state index contributed by atoms with van der Waals surface area (Å²) in [6, 6.07) is 3.07.